The number of allylic oxidation sites excluding steroid dienone is 3. The molecule has 0 amide bonds. The molecule has 0 N–H and O–H groups in total. The lowest BCUT2D eigenvalue weighted by molar-refractivity contribution is -0.104. The first-order valence-corrected chi connectivity index (χ1v) is 4.78. The number of carbonyl (C=O) groups excluding carboxylic acids is 2. The Balaban J connectivity index is 2.59. The molecule has 3 heteroatoms. The highest BCUT2D eigenvalue weighted by Gasteiger charge is 2.03. The van der Waals surface area contributed by atoms with Crippen LogP contribution in [0.15, 0.2) is 54.3 Å². The van der Waals surface area contributed by atoms with E-state index in [1.165, 1.54) is 12.3 Å². The molecule has 0 saturated heterocycles. The second kappa shape index (κ2) is 6.35. The van der Waals surface area contributed by atoms with Crippen molar-refractivity contribution in [3.63, 3.8) is 0 Å². The second-order valence-electron chi connectivity index (χ2n) is 3.13. The van der Waals surface area contributed by atoms with Gasteiger partial charge >= 0.3 is 5.97 Å². The van der Waals surface area contributed by atoms with Crippen molar-refractivity contribution in [1.29, 1.82) is 0 Å². The summed E-state index contributed by atoms with van der Waals surface area (Å²) in [5.41, 5.74) is 1.18. The van der Waals surface area contributed by atoms with Gasteiger partial charge in [-0.1, -0.05) is 24.3 Å². The molecule has 0 atom stereocenters. The van der Waals surface area contributed by atoms with E-state index in [-0.39, 0.29) is 0 Å². The summed E-state index contributed by atoms with van der Waals surface area (Å²) in [6.45, 7) is 1.73. The molecule has 16 heavy (non-hydrogen) atoms. The fourth-order valence-electron chi connectivity index (χ4n) is 1.02. The third-order valence-electron chi connectivity index (χ3n) is 1.80. The normalized spacial score (nSPS) is 11.4. The number of carbonyl (C=O) groups is 2. The first-order chi connectivity index (χ1) is 7.74. The fourth-order valence-corrected chi connectivity index (χ4v) is 1.02. The quantitative estimate of drug-likeness (QED) is 0.255. The van der Waals surface area contributed by atoms with E-state index in [4.69, 9.17) is 4.74 Å². The van der Waals surface area contributed by atoms with Crippen LogP contribution in [0.4, 0.5) is 0 Å². The average molecular weight is 216 g/mol. The van der Waals surface area contributed by atoms with E-state index in [0.717, 1.165) is 0 Å². The van der Waals surface area contributed by atoms with Crippen LogP contribution in [0.1, 0.15) is 17.3 Å². The maximum atomic E-state index is 11.5. The maximum absolute atomic E-state index is 11.5. The first kappa shape index (κ1) is 11.9. The zero-order valence-corrected chi connectivity index (χ0v) is 8.92. The topological polar surface area (TPSA) is 43.4 Å². The van der Waals surface area contributed by atoms with Gasteiger partial charge in [-0.25, -0.2) is 4.79 Å². The van der Waals surface area contributed by atoms with Crippen LogP contribution in [0.2, 0.25) is 0 Å². The lowest BCUT2D eigenvalue weighted by Crippen LogP contribution is -2.00. The maximum Gasteiger partial charge on any atom is 0.342 e. The molecule has 0 spiro atoms. The summed E-state index contributed by atoms with van der Waals surface area (Å²) < 4.78 is 4.92. The number of esters is 1. The number of aldehydes is 1. The van der Waals surface area contributed by atoms with Crippen molar-refractivity contribution in [2.45, 2.75) is 6.92 Å². The molecular formula is C13H12O3. The lowest BCUT2D eigenvalue weighted by Gasteiger charge is -1.99. The van der Waals surface area contributed by atoms with Gasteiger partial charge < -0.3 is 4.74 Å². The SMILES string of the molecule is CC(C=CC=O)=COC(=O)c1ccccc1. The number of ether oxygens (including phenoxy) is 1. The van der Waals surface area contributed by atoms with E-state index in [1.54, 1.807) is 37.3 Å². The van der Waals surface area contributed by atoms with E-state index < -0.39 is 5.97 Å². The van der Waals surface area contributed by atoms with Gasteiger partial charge in [0.2, 0.25) is 0 Å². The molecule has 0 aliphatic heterocycles. The predicted octanol–water partition coefficient (Wildman–Crippen LogP) is 2.50. The minimum Gasteiger partial charge on any atom is -0.431 e. The molecule has 0 heterocycles. The van der Waals surface area contributed by atoms with Gasteiger partial charge in [-0.2, -0.15) is 0 Å². The molecule has 82 valence electrons. The monoisotopic (exact) mass is 216 g/mol. The van der Waals surface area contributed by atoms with Crippen LogP contribution < -0.4 is 0 Å². The second-order valence-corrected chi connectivity index (χ2v) is 3.13. The van der Waals surface area contributed by atoms with Gasteiger partial charge in [0, 0.05) is 0 Å². The van der Waals surface area contributed by atoms with Gasteiger partial charge in [-0.15, -0.1) is 0 Å². The largest absolute Gasteiger partial charge is 0.431 e. The van der Waals surface area contributed by atoms with E-state index >= 15 is 0 Å². The van der Waals surface area contributed by atoms with E-state index in [1.807, 2.05) is 6.07 Å². The van der Waals surface area contributed by atoms with E-state index in [9.17, 15) is 9.59 Å². The number of rotatable bonds is 4. The Morgan fingerprint density at radius 1 is 1.25 bits per heavy atom. The molecule has 0 saturated carbocycles. The molecule has 1 aromatic rings. The number of hydrogen-bond acceptors (Lipinski definition) is 3. The standard InChI is InChI=1S/C13H12O3/c1-11(6-5-9-14)10-16-13(15)12-7-3-2-4-8-12/h2-10H,1H3. The minimum absolute atomic E-state index is 0.417. The van der Waals surface area contributed by atoms with Crippen LogP contribution in [0, 0.1) is 0 Å². The summed E-state index contributed by atoms with van der Waals surface area (Å²) in [6, 6.07) is 8.70. The summed E-state index contributed by atoms with van der Waals surface area (Å²) in [5.74, 6) is -0.417. The van der Waals surface area contributed by atoms with Gasteiger partial charge in [0.15, 0.2) is 0 Å². The van der Waals surface area contributed by atoms with Gasteiger partial charge in [0.1, 0.15) is 6.29 Å². The molecule has 0 unspecified atom stereocenters. The van der Waals surface area contributed by atoms with Gasteiger partial charge in [0.25, 0.3) is 0 Å². The van der Waals surface area contributed by atoms with Gasteiger partial charge in [-0.3, -0.25) is 4.79 Å². The van der Waals surface area contributed by atoms with Crippen LogP contribution in [0.5, 0.6) is 0 Å². The molecule has 0 aromatic heterocycles. The molecular weight excluding hydrogens is 204 g/mol. The third kappa shape index (κ3) is 3.92. The van der Waals surface area contributed by atoms with Crippen molar-refractivity contribution in [3.8, 4) is 0 Å². The highest BCUT2D eigenvalue weighted by Crippen LogP contribution is 2.03. The van der Waals surface area contributed by atoms with Crippen LogP contribution in [0.25, 0.3) is 0 Å². The zero-order chi connectivity index (χ0) is 11.8. The highest BCUT2D eigenvalue weighted by atomic mass is 16.5. The van der Waals surface area contributed by atoms with Crippen molar-refractivity contribution < 1.29 is 14.3 Å². The molecule has 0 fully saturated rings. The molecule has 3 nitrogen and oxygen atoms in total. The summed E-state index contributed by atoms with van der Waals surface area (Å²) in [5, 5.41) is 0. The molecule has 1 aromatic carbocycles. The Morgan fingerprint density at radius 3 is 2.56 bits per heavy atom. The Hall–Kier alpha value is -2.16. The van der Waals surface area contributed by atoms with Crippen LogP contribution in [-0.2, 0) is 9.53 Å². The molecule has 0 aliphatic carbocycles. The van der Waals surface area contributed by atoms with Crippen LogP contribution in [-0.4, -0.2) is 12.3 Å². The minimum atomic E-state index is -0.417. The van der Waals surface area contributed by atoms with Crippen molar-refractivity contribution in [3.05, 3.63) is 59.9 Å². The highest BCUT2D eigenvalue weighted by molar-refractivity contribution is 5.89. The van der Waals surface area contributed by atoms with Gasteiger partial charge in [0.05, 0.1) is 11.8 Å². The van der Waals surface area contributed by atoms with Crippen LogP contribution in [0.3, 0.4) is 0 Å². The molecule has 0 radical (unpaired) electrons. The van der Waals surface area contributed by atoms with Gasteiger partial charge in [-0.05, 0) is 30.7 Å². The molecule has 0 bridgehead atoms. The summed E-state index contributed by atoms with van der Waals surface area (Å²) in [4.78, 5) is 21.5. The summed E-state index contributed by atoms with van der Waals surface area (Å²) in [6.07, 6.45) is 4.87. The molecule has 0 aliphatic rings. The Bertz CT molecular complexity index is 416. The molecule has 1 rings (SSSR count). The zero-order valence-electron chi connectivity index (χ0n) is 8.92. The fraction of sp³-hybridized carbons (Fsp3) is 0.0769. The summed E-state index contributed by atoms with van der Waals surface area (Å²) >= 11 is 0. The number of hydrogen-bond donors (Lipinski definition) is 0. The Kier molecular flexibility index (Phi) is 4.73. The van der Waals surface area contributed by atoms with Crippen molar-refractivity contribution >= 4 is 12.3 Å². The Morgan fingerprint density at radius 2 is 1.94 bits per heavy atom. The van der Waals surface area contributed by atoms with Crippen molar-refractivity contribution in [2.24, 2.45) is 0 Å². The van der Waals surface area contributed by atoms with E-state index in [2.05, 4.69) is 0 Å². The number of benzene rings is 1. The van der Waals surface area contributed by atoms with Crippen molar-refractivity contribution in [1.82, 2.24) is 0 Å². The first-order valence-electron chi connectivity index (χ1n) is 4.78. The Labute approximate surface area is 94.0 Å². The van der Waals surface area contributed by atoms with Crippen LogP contribution >= 0.6 is 0 Å². The third-order valence-corrected chi connectivity index (χ3v) is 1.80. The smallest absolute Gasteiger partial charge is 0.342 e. The summed E-state index contributed by atoms with van der Waals surface area (Å²) in [7, 11) is 0. The predicted molar refractivity (Wildman–Crippen MR) is 60.8 cm³/mol. The lowest BCUT2D eigenvalue weighted by atomic mass is 10.2. The average Bonchev–Trinajstić information content (AvgIpc) is 2.34. The van der Waals surface area contributed by atoms with E-state index in [0.29, 0.717) is 17.4 Å². The van der Waals surface area contributed by atoms with Crippen molar-refractivity contribution in [2.75, 3.05) is 0 Å².